The number of halogens is 1. The van der Waals surface area contributed by atoms with Crippen LogP contribution in [0.4, 0.5) is 4.39 Å². The molecule has 0 spiro atoms. The average Bonchev–Trinajstić information content (AvgIpc) is 2.48. The van der Waals surface area contributed by atoms with Gasteiger partial charge >= 0.3 is 5.97 Å². The lowest BCUT2D eigenvalue weighted by Crippen LogP contribution is -2.42. The SMILES string of the molecule is CC(=O)c1cc(F)ccc1OC(=O)[C@@H]1CCCN(S(C)(=O)=O)C1. The number of nitrogens with zero attached hydrogens (tertiary/aromatic N) is 1. The van der Waals surface area contributed by atoms with E-state index in [1.807, 2.05) is 0 Å². The standard InChI is InChI=1S/C15H18FNO5S/c1-10(18)13-8-12(16)5-6-14(13)22-15(19)11-4-3-7-17(9-11)23(2,20)21/h5-6,8,11H,3-4,7,9H2,1-2H3/t11-/m1/s1. The van der Waals surface area contributed by atoms with Crippen molar-refractivity contribution in [2.24, 2.45) is 5.92 Å². The monoisotopic (exact) mass is 343 g/mol. The Balaban J connectivity index is 2.15. The van der Waals surface area contributed by atoms with Gasteiger partial charge in [0.05, 0.1) is 17.7 Å². The summed E-state index contributed by atoms with van der Waals surface area (Å²) < 4.78 is 42.8. The van der Waals surface area contributed by atoms with E-state index in [1.165, 1.54) is 17.3 Å². The lowest BCUT2D eigenvalue weighted by atomic mass is 10.00. The molecule has 1 saturated heterocycles. The molecule has 0 aliphatic carbocycles. The summed E-state index contributed by atoms with van der Waals surface area (Å²) in [5.41, 5.74) is -0.0193. The van der Waals surface area contributed by atoms with Crippen molar-refractivity contribution in [3.63, 3.8) is 0 Å². The normalized spacial score (nSPS) is 19.3. The number of rotatable bonds is 4. The zero-order valence-electron chi connectivity index (χ0n) is 12.9. The van der Waals surface area contributed by atoms with Crippen molar-refractivity contribution in [1.29, 1.82) is 0 Å². The molecule has 0 aromatic heterocycles. The molecule has 0 bridgehead atoms. The van der Waals surface area contributed by atoms with Gasteiger partial charge < -0.3 is 4.74 Å². The van der Waals surface area contributed by atoms with Gasteiger partial charge in [-0.1, -0.05) is 0 Å². The summed E-state index contributed by atoms with van der Waals surface area (Å²) in [5, 5.41) is 0. The highest BCUT2D eigenvalue weighted by atomic mass is 32.2. The fourth-order valence-electron chi connectivity index (χ4n) is 2.49. The molecule has 1 aliphatic heterocycles. The third-order valence-electron chi connectivity index (χ3n) is 3.72. The number of esters is 1. The molecule has 1 fully saturated rings. The average molecular weight is 343 g/mol. The first kappa shape index (κ1) is 17.6. The van der Waals surface area contributed by atoms with E-state index in [-0.39, 0.29) is 17.9 Å². The topological polar surface area (TPSA) is 80.8 Å². The van der Waals surface area contributed by atoms with E-state index in [0.29, 0.717) is 19.4 Å². The van der Waals surface area contributed by atoms with Crippen LogP contribution in [0.1, 0.15) is 30.1 Å². The van der Waals surface area contributed by atoms with Gasteiger partial charge in [0.1, 0.15) is 11.6 Å². The summed E-state index contributed by atoms with van der Waals surface area (Å²) in [4.78, 5) is 23.8. The second kappa shape index (κ2) is 6.76. The summed E-state index contributed by atoms with van der Waals surface area (Å²) in [6, 6.07) is 3.33. The number of hydrogen-bond donors (Lipinski definition) is 0. The number of hydrogen-bond acceptors (Lipinski definition) is 5. The third kappa shape index (κ3) is 4.35. The second-order valence-corrected chi connectivity index (χ2v) is 7.56. The van der Waals surface area contributed by atoms with Crippen LogP contribution in [-0.2, 0) is 14.8 Å². The molecule has 2 rings (SSSR count). The zero-order valence-corrected chi connectivity index (χ0v) is 13.7. The van der Waals surface area contributed by atoms with Gasteiger partial charge in [-0.3, -0.25) is 9.59 Å². The summed E-state index contributed by atoms with van der Waals surface area (Å²) in [6.07, 6.45) is 2.14. The molecule has 6 nitrogen and oxygen atoms in total. The maximum atomic E-state index is 13.2. The molecule has 0 N–H and O–H groups in total. The predicted molar refractivity (Wildman–Crippen MR) is 81.2 cm³/mol. The minimum absolute atomic E-state index is 0.0135. The number of benzene rings is 1. The highest BCUT2D eigenvalue weighted by Gasteiger charge is 2.31. The highest BCUT2D eigenvalue weighted by Crippen LogP contribution is 2.24. The molecule has 0 unspecified atom stereocenters. The molecule has 0 saturated carbocycles. The molecule has 23 heavy (non-hydrogen) atoms. The van der Waals surface area contributed by atoms with E-state index in [4.69, 9.17) is 4.74 Å². The number of carbonyl (C=O) groups is 2. The molecule has 0 radical (unpaired) electrons. The van der Waals surface area contributed by atoms with Crippen LogP contribution in [0.15, 0.2) is 18.2 Å². The Morgan fingerprint density at radius 1 is 1.35 bits per heavy atom. The van der Waals surface area contributed by atoms with Crippen molar-refractivity contribution in [2.75, 3.05) is 19.3 Å². The highest BCUT2D eigenvalue weighted by molar-refractivity contribution is 7.88. The number of ether oxygens (including phenoxy) is 1. The lowest BCUT2D eigenvalue weighted by Gasteiger charge is -2.29. The van der Waals surface area contributed by atoms with Gasteiger partial charge in [-0.15, -0.1) is 0 Å². The maximum Gasteiger partial charge on any atom is 0.315 e. The van der Waals surface area contributed by atoms with Crippen molar-refractivity contribution in [3.8, 4) is 5.75 Å². The van der Waals surface area contributed by atoms with Gasteiger partial charge in [0.15, 0.2) is 5.78 Å². The van der Waals surface area contributed by atoms with Gasteiger partial charge in [-0.25, -0.2) is 17.1 Å². The Labute approximate surface area is 134 Å². The number of piperidine rings is 1. The number of ketones is 1. The first-order valence-corrected chi connectivity index (χ1v) is 9.00. The van der Waals surface area contributed by atoms with Crippen LogP contribution in [0.25, 0.3) is 0 Å². The Morgan fingerprint density at radius 2 is 2.04 bits per heavy atom. The third-order valence-corrected chi connectivity index (χ3v) is 4.99. The fourth-order valence-corrected chi connectivity index (χ4v) is 3.41. The molecular formula is C15H18FNO5S. The summed E-state index contributed by atoms with van der Waals surface area (Å²) >= 11 is 0. The van der Waals surface area contributed by atoms with Crippen molar-refractivity contribution in [2.45, 2.75) is 19.8 Å². The summed E-state index contributed by atoms with van der Waals surface area (Å²) in [6.45, 7) is 1.67. The van der Waals surface area contributed by atoms with E-state index in [9.17, 15) is 22.4 Å². The fraction of sp³-hybridized carbons (Fsp3) is 0.467. The van der Waals surface area contributed by atoms with Crippen LogP contribution in [0, 0.1) is 11.7 Å². The van der Waals surface area contributed by atoms with Crippen molar-refractivity contribution < 1.29 is 27.1 Å². The van der Waals surface area contributed by atoms with Gasteiger partial charge in [0.25, 0.3) is 0 Å². The molecule has 1 aliphatic rings. The lowest BCUT2D eigenvalue weighted by molar-refractivity contribution is -0.140. The Bertz CT molecular complexity index is 731. The Hall–Kier alpha value is -1.80. The Morgan fingerprint density at radius 3 is 2.65 bits per heavy atom. The zero-order chi connectivity index (χ0) is 17.2. The van der Waals surface area contributed by atoms with E-state index in [0.717, 1.165) is 18.4 Å². The van der Waals surface area contributed by atoms with Crippen molar-refractivity contribution >= 4 is 21.8 Å². The number of carbonyl (C=O) groups excluding carboxylic acids is 2. The first-order chi connectivity index (χ1) is 10.7. The van der Waals surface area contributed by atoms with Crippen LogP contribution in [-0.4, -0.2) is 43.8 Å². The molecule has 1 atom stereocenters. The van der Waals surface area contributed by atoms with E-state index < -0.39 is 33.5 Å². The number of Topliss-reactive ketones (excluding diaryl/α,β-unsaturated/α-hetero) is 1. The summed E-state index contributed by atoms with van der Waals surface area (Å²) in [7, 11) is -3.37. The largest absolute Gasteiger partial charge is 0.426 e. The van der Waals surface area contributed by atoms with Crippen LogP contribution in [0.3, 0.4) is 0 Å². The predicted octanol–water partition coefficient (Wildman–Crippen LogP) is 1.61. The summed E-state index contributed by atoms with van der Waals surface area (Å²) in [5.74, 6) is -2.26. The smallest absolute Gasteiger partial charge is 0.315 e. The molecule has 1 aromatic rings. The maximum absolute atomic E-state index is 13.2. The van der Waals surface area contributed by atoms with E-state index in [1.54, 1.807) is 0 Å². The van der Waals surface area contributed by atoms with Crippen LogP contribution in [0.5, 0.6) is 5.75 Å². The molecular weight excluding hydrogens is 325 g/mol. The van der Waals surface area contributed by atoms with Gasteiger partial charge in [-0.2, -0.15) is 0 Å². The molecule has 1 heterocycles. The molecule has 8 heteroatoms. The Kier molecular flexibility index (Phi) is 5.16. The van der Waals surface area contributed by atoms with Crippen LogP contribution in [0.2, 0.25) is 0 Å². The number of sulfonamides is 1. The van der Waals surface area contributed by atoms with Crippen molar-refractivity contribution in [3.05, 3.63) is 29.6 Å². The van der Waals surface area contributed by atoms with Gasteiger partial charge in [-0.05, 0) is 38.0 Å². The van der Waals surface area contributed by atoms with Gasteiger partial charge in [0.2, 0.25) is 10.0 Å². The van der Waals surface area contributed by atoms with Crippen LogP contribution >= 0.6 is 0 Å². The first-order valence-electron chi connectivity index (χ1n) is 7.16. The molecule has 1 aromatic carbocycles. The van der Waals surface area contributed by atoms with Crippen LogP contribution < -0.4 is 4.74 Å². The minimum Gasteiger partial charge on any atom is -0.426 e. The van der Waals surface area contributed by atoms with Gasteiger partial charge in [0, 0.05) is 13.1 Å². The molecule has 126 valence electrons. The van der Waals surface area contributed by atoms with Crippen molar-refractivity contribution in [1.82, 2.24) is 4.31 Å². The molecule has 0 amide bonds. The quantitative estimate of drug-likeness (QED) is 0.471. The second-order valence-electron chi connectivity index (χ2n) is 5.58. The minimum atomic E-state index is -3.37. The van der Waals surface area contributed by atoms with E-state index in [2.05, 4.69) is 0 Å². The van der Waals surface area contributed by atoms with E-state index >= 15 is 0 Å².